The Morgan fingerprint density at radius 3 is 1.01 bits per heavy atom. The Bertz CT molecular complexity index is 6480. The number of aryl methyl sites for hydroxylation is 2. The van der Waals surface area contributed by atoms with E-state index in [1.807, 2.05) is 22.7 Å². The Morgan fingerprint density at radius 1 is 0.250 bits per heavy atom. The summed E-state index contributed by atoms with van der Waals surface area (Å²) in [6.45, 7) is 17.7. The molecule has 0 fully saturated rings. The summed E-state index contributed by atoms with van der Waals surface area (Å²) < 4.78 is 25.9. The van der Waals surface area contributed by atoms with Gasteiger partial charge in [0.05, 0.1) is 22.7 Å². The molecule has 9 nitrogen and oxygen atoms in total. The normalized spacial score (nSPS) is 13.4. The average Bonchev–Trinajstić information content (AvgIpc) is 1.13. The van der Waals surface area contributed by atoms with Gasteiger partial charge in [0.25, 0.3) is 20.1 Å². The van der Waals surface area contributed by atoms with Crippen molar-refractivity contribution in [2.24, 2.45) is 0 Å². The first-order chi connectivity index (χ1) is 56.6. The van der Waals surface area contributed by atoms with Crippen molar-refractivity contribution >= 4 is 193 Å². The first-order valence-corrected chi connectivity index (χ1v) is 41.8. The van der Waals surface area contributed by atoms with Crippen molar-refractivity contribution in [3.05, 3.63) is 355 Å². The summed E-state index contributed by atoms with van der Waals surface area (Å²) in [5, 5.41) is 0. The van der Waals surface area contributed by atoms with Crippen molar-refractivity contribution in [3.63, 3.8) is 0 Å². The van der Waals surface area contributed by atoms with Gasteiger partial charge in [0.1, 0.15) is 34.5 Å². The molecule has 556 valence electrons. The molecule has 0 saturated heterocycles. The smallest absolute Gasteiger partial charge is 0.268 e. The molecule has 8 heterocycles. The zero-order valence-electron chi connectivity index (χ0n) is 65.7. The summed E-state index contributed by atoms with van der Waals surface area (Å²) in [6.07, 6.45) is 0. The fourth-order valence-electron chi connectivity index (χ4n) is 18.6. The number of nitrogens with zero attached hydrogens (tertiary/aromatic N) is 6. The van der Waals surface area contributed by atoms with E-state index in [0.29, 0.717) is 0 Å². The minimum Gasteiger partial charge on any atom is -0.458 e. The first-order valence-electron chi connectivity index (χ1n) is 40.1. The molecular formula is C102H79B3N6O3S2. The number of hydrogen-bond donors (Lipinski definition) is 0. The molecule has 16 aromatic rings. The summed E-state index contributed by atoms with van der Waals surface area (Å²) in [7, 11) is 0. The SMILES string of the molecule is Cc1ccccc1N1c2cc3c(cc2B2c4sc(C(C)(C)C)cc4Oc4cc(N(c5ccccc5)c5ccccc5)cc1c42)B1c2cc4c(cc2Oc2cc(N(c5ccccc5)c5ccccc5)cc(c21)O3)N(c1ccccc1C)c1cc(N(c2ccccc2)c2ccccc2)cc2c1B4c1sc(C(C)(C)C)cc1N2c1ccccc1. The van der Waals surface area contributed by atoms with Crippen molar-refractivity contribution in [3.8, 4) is 34.5 Å². The van der Waals surface area contributed by atoms with Gasteiger partial charge in [-0.3, -0.25) is 0 Å². The van der Waals surface area contributed by atoms with Crippen LogP contribution >= 0.6 is 22.7 Å². The maximum atomic E-state index is 7.96. The summed E-state index contributed by atoms with van der Waals surface area (Å²) in [5.74, 6) is 4.73. The van der Waals surface area contributed by atoms with E-state index >= 15 is 0 Å². The lowest BCUT2D eigenvalue weighted by Crippen LogP contribution is -2.64. The molecule has 0 aliphatic carbocycles. The zero-order chi connectivity index (χ0) is 78.0. The summed E-state index contributed by atoms with van der Waals surface area (Å²) in [4.78, 5) is 17.3. The van der Waals surface area contributed by atoms with E-state index in [4.69, 9.17) is 14.2 Å². The third-order valence-corrected chi connectivity index (χ3v) is 27.1. The Hall–Kier alpha value is -13.1. The molecule has 6 aliphatic heterocycles. The molecule has 0 bridgehead atoms. The maximum absolute atomic E-state index is 7.96. The van der Waals surface area contributed by atoms with Crippen LogP contribution in [0.4, 0.5) is 102 Å². The topological polar surface area (TPSA) is 47.1 Å². The number of hydrogen-bond acceptors (Lipinski definition) is 11. The molecule has 0 radical (unpaired) electrons. The monoisotopic (exact) mass is 1530 g/mol. The van der Waals surface area contributed by atoms with Gasteiger partial charge >= 0.3 is 0 Å². The van der Waals surface area contributed by atoms with Gasteiger partial charge < -0.3 is 43.6 Å². The number of para-hydroxylation sites is 9. The van der Waals surface area contributed by atoms with E-state index in [1.54, 1.807) is 0 Å². The van der Waals surface area contributed by atoms with Crippen LogP contribution in [0.15, 0.2) is 334 Å². The quantitative estimate of drug-likeness (QED) is 0.111. The molecule has 0 spiro atoms. The van der Waals surface area contributed by atoms with Gasteiger partial charge in [-0.05, 0) is 196 Å². The van der Waals surface area contributed by atoms with Crippen molar-refractivity contribution in [2.45, 2.75) is 66.2 Å². The van der Waals surface area contributed by atoms with Gasteiger partial charge in [0.15, 0.2) is 0 Å². The summed E-state index contributed by atoms with van der Waals surface area (Å²) in [6, 6.07) is 122. The standard InChI is InChI=1S/C102H79B3N6O3S2/c1-64-34-30-32-50-80(64)110-82-60-88-78(58-76(82)104-96-84(109(72-48-28-15-29-49-72)87-62-94(101(3,4)5)115-99(87)104)52-73(53-85(96)110)106(66-36-16-9-17-37-66)67-38-18-10-19-39-67)103-79-59-77-83(61-89(79)113-92-57-75(56-91(112-88)98(92)103)108(70-44-24-13-25-45-70)71-46-26-14-27-47-71)111(81-51-33-31-35-65(81)2)86-54-74(107(68-40-20-11-21-41-68)69-42-22-12-23-43-69)55-90-97(86)105(77)100-93(114-90)63-95(116-100)102(6,7)8/h9-63H,1-8H3. The highest BCUT2D eigenvalue weighted by Crippen LogP contribution is 2.54. The molecule has 6 aliphatic rings. The molecule has 2 aromatic heterocycles. The summed E-state index contributed by atoms with van der Waals surface area (Å²) >= 11 is 3.84. The Kier molecular flexibility index (Phi) is 16.0. The third kappa shape index (κ3) is 11.1. The fourth-order valence-corrected chi connectivity index (χ4v) is 21.2. The number of ether oxygens (including phenoxy) is 3. The third-order valence-electron chi connectivity index (χ3n) is 23.9. The van der Waals surface area contributed by atoms with Crippen LogP contribution in [0.5, 0.6) is 34.5 Å². The van der Waals surface area contributed by atoms with E-state index < -0.39 is 6.71 Å². The van der Waals surface area contributed by atoms with Crippen LogP contribution in [0.1, 0.15) is 62.4 Å². The van der Waals surface area contributed by atoms with Crippen LogP contribution in [0.2, 0.25) is 0 Å². The van der Waals surface area contributed by atoms with Crippen LogP contribution in [-0.4, -0.2) is 20.1 Å². The number of fused-ring (bicyclic) bond motifs is 12. The van der Waals surface area contributed by atoms with Gasteiger partial charge in [0, 0.05) is 135 Å². The number of anilines is 18. The lowest BCUT2D eigenvalue weighted by molar-refractivity contribution is 0.465. The van der Waals surface area contributed by atoms with Crippen molar-refractivity contribution < 1.29 is 14.2 Å². The van der Waals surface area contributed by atoms with E-state index in [-0.39, 0.29) is 24.3 Å². The zero-order valence-corrected chi connectivity index (χ0v) is 67.3. The number of benzene rings is 14. The fraction of sp³-hybridized carbons (Fsp3) is 0.0980. The van der Waals surface area contributed by atoms with E-state index in [0.717, 1.165) is 164 Å². The van der Waals surface area contributed by atoms with Crippen LogP contribution in [0.3, 0.4) is 0 Å². The van der Waals surface area contributed by atoms with Gasteiger partial charge in [0.2, 0.25) is 0 Å². The van der Waals surface area contributed by atoms with E-state index in [2.05, 4.69) is 418 Å². The van der Waals surface area contributed by atoms with Gasteiger partial charge in [-0.1, -0.05) is 217 Å². The highest BCUT2D eigenvalue weighted by Gasteiger charge is 2.52. The lowest BCUT2D eigenvalue weighted by atomic mass is 9.31. The molecule has 0 atom stereocenters. The van der Waals surface area contributed by atoms with Crippen molar-refractivity contribution in [1.82, 2.24) is 0 Å². The second-order valence-corrected chi connectivity index (χ2v) is 35.4. The van der Waals surface area contributed by atoms with Crippen molar-refractivity contribution in [2.75, 3.05) is 29.4 Å². The molecular weight excluding hydrogens is 1450 g/mol. The molecule has 22 rings (SSSR count). The molecule has 0 N–H and O–H groups in total. The minimum absolute atomic E-state index is 0.169. The second-order valence-electron chi connectivity index (χ2n) is 33.3. The summed E-state index contributed by atoms with van der Waals surface area (Å²) in [5.41, 5.74) is 28.7. The lowest BCUT2D eigenvalue weighted by Gasteiger charge is -2.45. The Labute approximate surface area is 687 Å². The minimum atomic E-state index is -0.398. The van der Waals surface area contributed by atoms with E-state index in [9.17, 15) is 0 Å². The number of rotatable bonds is 12. The first kappa shape index (κ1) is 69.6. The van der Waals surface area contributed by atoms with Gasteiger partial charge in [-0.25, -0.2) is 0 Å². The largest absolute Gasteiger partial charge is 0.458 e. The van der Waals surface area contributed by atoms with Crippen LogP contribution in [0.25, 0.3) is 0 Å². The predicted molar refractivity (Wildman–Crippen MR) is 491 cm³/mol. The second kappa shape index (κ2) is 26.7. The predicted octanol–water partition coefficient (Wildman–Crippen LogP) is 22.6. The van der Waals surface area contributed by atoms with Crippen LogP contribution in [0, 0.1) is 13.8 Å². The number of thiophene rings is 2. The highest BCUT2D eigenvalue weighted by atomic mass is 32.1. The Morgan fingerprint density at radius 2 is 0.586 bits per heavy atom. The maximum Gasteiger partial charge on any atom is 0.268 e. The van der Waals surface area contributed by atoms with Crippen LogP contribution < -0.4 is 91.4 Å². The molecule has 14 aromatic carbocycles. The molecule has 0 saturated carbocycles. The molecule has 14 heteroatoms. The molecule has 0 amide bonds. The van der Waals surface area contributed by atoms with E-state index in [1.165, 1.54) is 41.4 Å². The van der Waals surface area contributed by atoms with Gasteiger partial charge in [-0.2, -0.15) is 11.3 Å². The average molecular weight is 1530 g/mol. The highest BCUT2D eigenvalue weighted by molar-refractivity contribution is 7.30. The van der Waals surface area contributed by atoms with Crippen LogP contribution in [-0.2, 0) is 10.8 Å². The molecule has 0 unspecified atom stereocenters. The molecule has 116 heavy (non-hydrogen) atoms. The van der Waals surface area contributed by atoms with Gasteiger partial charge in [-0.15, -0.1) is 11.3 Å². The Balaban J connectivity index is 0.835. The van der Waals surface area contributed by atoms with Crippen molar-refractivity contribution in [1.29, 1.82) is 0 Å².